The summed E-state index contributed by atoms with van der Waals surface area (Å²) in [5.74, 6) is 0.0635. The Kier molecular flexibility index (Phi) is 4.99. The highest BCUT2D eigenvalue weighted by Crippen LogP contribution is 2.31. The number of hydrogen-bond acceptors (Lipinski definition) is 3. The molecule has 0 atom stereocenters. The summed E-state index contributed by atoms with van der Waals surface area (Å²) in [5.41, 5.74) is 3.83. The molecule has 4 aromatic rings. The number of rotatable bonds is 5. The number of nitrogens with zero attached hydrogens (tertiary/aromatic N) is 2. The molecule has 0 aliphatic heterocycles. The second-order valence-corrected chi connectivity index (χ2v) is 6.84. The number of fused-ring (bicyclic) bond motifs is 1. The van der Waals surface area contributed by atoms with Gasteiger partial charge in [-0.2, -0.15) is 5.10 Å². The Balaban J connectivity index is 1.60. The van der Waals surface area contributed by atoms with Gasteiger partial charge in [-0.05, 0) is 41.5 Å². The molecule has 0 radical (unpaired) electrons. The average Bonchev–Trinajstić information content (AvgIpc) is 3.22. The topological polar surface area (TPSA) is 58.2 Å². The van der Waals surface area contributed by atoms with Crippen molar-refractivity contribution in [2.45, 2.75) is 6.54 Å². The van der Waals surface area contributed by atoms with Gasteiger partial charge in [0.25, 0.3) is 5.91 Å². The van der Waals surface area contributed by atoms with E-state index in [0.29, 0.717) is 23.4 Å². The Morgan fingerprint density at radius 3 is 2.76 bits per heavy atom. The zero-order valence-electron chi connectivity index (χ0n) is 16.1. The Morgan fingerprint density at radius 1 is 1.14 bits per heavy atom. The molecule has 1 heterocycles. The van der Waals surface area contributed by atoms with Crippen LogP contribution in [-0.4, -0.2) is 35.2 Å². The molecule has 6 heteroatoms. The number of methoxy groups -OCH3 is 1. The van der Waals surface area contributed by atoms with Crippen molar-refractivity contribution in [3.8, 4) is 16.9 Å². The molecular weight excluding hydrogens is 369 g/mol. The molecule has 1 aromatic heterocycles. The van der Waals surface area contributed by atoms with Gasteiger partial charge in [0, 0.05) is 30.1 Å². The first-order chi connectivity index (χ1) is 14.1. The van der Waals surface area contributed by atoms with E-state index in [4.69, 9.17) is 4.74 Å². The van der Waals surface area contributed by atoms with Gasteiger partial charge in [0.05, 0.1) is 18.8 Å². The SMILES string of the molecule is COc1cc(C(=O)N(C)Cc2cccc3cn[nH]c23)ccc1-c1cccc(F)c1. The fourth-order valence-electron chi connectivity index (χ4n) is 3.43. The zero-order chi connectivity index (χ0) is 20.4. The van der Waals surface area contributed by atoms with Crippen molar-refractivity contribution in [2.24, 2.45) is 0 Å². The number of para-hydroxylation sites is 1. The summed E-state index contributed by atoms with van der Waals surface area (Å²) in [6.07, 6.45) is 1.76. The van der Waals surface area contributed by atoms with Crippen molar-refractivity contribution in [2.75, 3.05) is 14.2 Å². The van der Waals surface area contributed by atoms with Gasteiger partial charge in [0.1, 0.15) is 11.6 Å². The second-order valence-electron chi connectivity index (χ2n) is 6.84. The highest BCUT2D eigenvalue weighted by atomic mass is 19.1. The molecule has 0 fully saturated rings. The van der Waals surface area contributed by atoms with E-state index in [2.05, 4.69) is 10.2 Å². The summed E-state index contributed by atoms with van der Waals surface area (Å²) in [5, 5.41) is 8.05. The van der Waals surface area contributed by atoms with E-state index >= 15 is 0 Å². The lowest BCUT2D eigenvalue weighted by molar-refractivity contribution is 0.0785. The van der Waals surface area contributed by atoms with E-state index < -0.39 is 0 Å². The maximum absolute atomic E-state index is 13.6. The normalized spacial score (nSPS) is 10.9. The zero-order valence-corrected chi connectivity index (χ0v) is 16.1. The van der Waals surface area contributed by atoms with Gasteiger partial charge in [-0.3, -0.25) is 9.89 Å². The van der Waals surface area contributed by atoms with Gasteiger partial charge in [0.2, 0.25) is 0 Å². The summed E-state index contributed by atoms with van der Waals surface area (Å²) < 4.78 is 19.1. The third-order valence-corrected chi connectivity index (χ3v) is 4.90. The van der Waals surface area contributed by atoms with E-state index in [0.717, 1.165) is 22.0 Å². The van der Waals surface area contributed by atoms with Crippen LogP contribution in [0.5, 0.6) is 5.75 Å². The molecule has 5 nitrogen and oxygen atoms in total. The Labute approximate surface area is 167 Å². The number of nitrogens with one attached hydrogen (secondary N) is 1. The number of aromatic nitrogens is 2. The highest BCUT2D eigenvalue weighted by Gasteiger charge is 2.17. The summed E-state index contributed by atoms with van der Waals surface area (Å²) in [6, 6.07) is 17.4. The van der Waals surface area contributed by atoms with E-state index in [1.54, 1.807) is 48.5 Å². The van der Waals surface area contributed by atoms with Gasteiger partial charge in [-0.25, -0.2) is 4.39 Å². The van der Waals surface area contributed by atoms with Crippen LogP contribution in [0.1, 0.15) is 15.9 Å². The van der Waals surface area contributed by atoms with Crippen molar-refractivity contribution in [1.29, 1.82) is 0 Å². The summed E-state index contributed by atoms with van der Waals surface area (Å²) in [6.45, 7) is 0.437. The molecule has 146 valence electrons. The predicted molar refractivity (Wildman–Crippen MR) is 110 cm³/mol. The second kappa shape index (κ2) is 7.75. The Bertz CT molecular complexity index is 1190. The fraction of sp³-hybridized carbons (Fsp3) is 0.130. The molecule has 0 saturated heterocycles. The third-order valence-electron chi connectivity index (χ3n) is 4.90. The number of hydrogen-bond donors (Lipinski definition) is 1. The number of carbonyl (C=O) groups is 1. The lowest BCUT2D eigenvalue weighted by Crippen LogP contribution is -2.26. The smallest absolute Gasteiger partial charge is 0.254 e. The number of halogens is 1. The van der Waals surface area contributed by atoms with Crippen molar-refractivity contribution in [1.82, 2.24) is 15.1 Å². The number of benzene rings is 3. The number of aromatic amines is 1. The van der Waals surface area contributed by atoms with Crippen LogP contribution < -0.4 is 4.74 Å². The van der Waals surface area contributed by atoms with Crippen LogP contribution in [0.2, 0.25) is 0 Å². The first kappa shape index (κ1) is 18.7. The fourth-order valence-corrected chi connectivity index (χ4v) is 3.43. The van der Waals surface area contributed by atoms with Gasteiger partial charge < -0.3 is 9.64 Å². The molecule has 0 aliphatic rings. The number of amides is 1. The number of H-pyrrole nitrogens is 1. The Hall–Kier alpha value is -3.67. The number of carbonyl (C=O) groups excluding carboxylic acids is 1. The van der Waals surface area contributed by atoms with Crippen LogP contribution in [0.4, 0.5) is 4.39 Å². The quantitative estimate of drug-likeness (QED) is 0.541. The minimum absolute atomic E-state index is 0.134. The van der Waals surface area contributed by atoms with Crippen molar-refractivity contribution in [3.05, 3.63) is 83.8 Å². The first-order valence-corrected chi connectivity index (χ1v) is 9.17. The van der Waals surface area contributed by atoms with Crippen molar-refractivity contribution < 1.29 is 13.9 Å². The van der Waals surface area contributed by atoms with Crippen LogP contribution in [0.15, 0.2) is 66.9 Å². The third kappa shape index (κ3) is 3.69. The molecule has 0 saturated carbocycles. The van der Waals surface area contributed by atoms with Crippen molar-refractivity contribution in [3.63, 3.8) is 0 Å². The molecule has 0 spiro atoms. The average molecular weight is 389 g/mol. The van der Waals surface area contributed by atoms with Crippen LogP contribution >= 0.6 is 0 Å². The van der Waals surface area contributed by atoms with Gasteiger partial charge >= 0.3 is 0 Å². The molecular formula is C23H20FN3O2. The Morgan fingerprint density at radius 2 is 1.97 bits per heavy atom. The molecule has 1 amide bonds. The van der Waals surface area contributed by atoms with Gasteiger partial charge in [0.15, 0.2) is 0 Å². The summed E-state index contributed by atoms with van der Waals surface area (Å²) >= 11 is 0. The van der Waals surface area contributed by atoms with Crippen LogP contribution in [0.3, 0.4) is 0 Å². The molecule has 0 aliphatic carbocycles. The van der Waals surface area contributed by atoms with Gasteiger partial charge in [-0.15, -0.1) is 0 Å². The molecule has 29 heavy (non-hydrogen) atoms. The van der Waals surface area contributed by atoms with E-state index in [1.807, 2.05) is 18.2 Å². The monoisotopic (exact) mass is 389 g/mol. The standard InChI is InChI=1S/C23H20FN3O2/c1-27(14-18-7-3-6-17-13-25-26-22(17)18)23(28)16-9-10-20(21(12-16)29-2)15-5-4-8-19(24)11-15/h3-13H,14H2,1-2H3,(H,25,26). The van der Waals surface area contributed by atoms with E-state index in [1.165, 1.54) is 19.2 Å². The minimum Gasteiger partial charge on any atom is -0.496 e. The maximum Gasteiger partial charge on any atom is 0.254 e. The lowest BCUT2D eigenvalue weighted by Gasteiger charge is -2.19. The number of ether oxygens (including phenoxy) is 1. The molecule has 0 bridgehead atoms. The highest BCUT2D eigenvalue weighted by molar-refractivity contribution is 5.95. The minimum atomic E-state index is -0.322. The van der Waals surface area contributed by atoms with Crippen LogP contribution in [0.25, 0.3) is 22.0 Å². The molecule has 0 unspecified atom stereocenters. The summed E-state index contributed by atoms with van der Waals surface area (Å²) in [4.78, 5) is 14.6. The van der Waals surface area contributed by atoms with Crippen LogP contribution in [-0.2, 0) is 6.54 Å². The lowest BCUT2D eigenvalue weighted by atomic mass is 10.0. The van der Waals surface area contributed by atoms with E-state index in [-0.39, 0.29) is 11.7 Å². The molecule has 1 N–H and O–H groups in total. The van der Waals surface area contributed by atoms with E-state index in [9.17, 15) is 9.18 Å². The largest absolute Gasteiger partial charge is 0.496 e. The van der Waals surface area contributed by atoms with Crippen molar-refractivity contribution >= 4 is 16.8 Å². The summed E-state index contributed by atoms with van der Waals surface area (Å²) in [7, 11) is 3.29. The van der Waals surface area contributed by atoms with Gasteiger partial charge in [-0.1, -0.05) is 30.3 Å². The first-order valence-electron chi connectivity index (χ1n) is 9.17. The molecule has 3 aromatic carbocycles. The predicted octanol–water partition coefficient (Wildman–Crippen LogP) is 4.65. The van der Waals surface area contributed by atoms with Crippen LogP contribution in [0, 0.1) is 5.82 Å². The maximum atomic E-state index is 13.6. The molecule has 4 rings (SSSR count).